The quantitative estimate of drug-likeness (QED) is 0.828. The summed E-state index contributed by atoms with van der Waals surface area (Å²) in [6.45, 7) is 2.79. The molecule has 1 aromatic rings. The van der Waals surface area contributed by atoms with Gasteiger partial charge in [-0.3, -0.25) is 15.0 Å². The van der Waals surface area contributed by atoms with Crippen LogP contribution in [-0.2, 0) is 10.0 Å². The number of halogens is 3. The minimum Gasteiger partial charge on any atom is -0.285 e. The smallest absolute Gasteiger partial charge is 0.285 e. The van der Waals surface area contributed by atoms with E-state index in [0.29, 0.717) is 0 Å². The highest BCUT2D eigenvalue weighted by atomic mass is 32.2. The Bertz CT molecular complexity index is 899. The highest BCUT2D eigenvalue weighted by molar-refractivity contribution is 7.90. The first-order chi connectivity index (χ1) is 12.4. The molecule has 1 aromatic carbocycles. The number of fused-ring (bicyclic) bond motifs is 1. The number of nitrogens with zero attached hydrogens (tertiary/aromatic N) is 2. The Morgan fingerprint density at radius 3 is 2.52 bits per heavy atom. The lowest BCUT2D eigenvalue weighted by Crippen LogP contribution is -2.41. The molecule has 2 aliphatic heterocycles. The Labute approximate surface area is 154 Å². The average Bonchev–Trinajstić information content (AvgIpc) is 3.09. The predicted octanol–water partition coefficient (Wildman–Crippen LogP) is 1.77. The van der Waals surface area contributed by atoms with E-state index in [1.807, 2.05) is 0 Å². The lowest BCUT2D eigenvalue weighted by atomic mass is 10.1. The van der Waals surface area contributed by atoms with Gasteiger partial charge in [-0.15, -0.1) is 0 Å². The van der Waals surface area contributed by atoms with Gasteiger partial charge in [-0.25, -0.2) is 17.7 Å². The van der Waals surface area contributed by atoms with Crippen LogP contribution in [-0.4, -0.2) is 54.9 Å². The molecule has 0 aromatic heterocycles. The van der Waals surface area contributed by atoms with Crippen molar-refractivity contribution in [3.63, 3.8) is 0 Å². The number of benzene rings is 1. The van der Waals surface area contributed by atoms with Gasteiger partial charge in [-0.2, -0.15) is 13.2 Å². The summed E-state index contributed by atoms with van der Waals surface area (Å²) in [7, 11) is -4.06. The Balaban J connectivity index is 1.80. The summed E-state index contributed by atoms with van der Waals surface area (Å²) in [6.07, 6.45) is -4.46. The number of carbonyl (C=O) groups excluding carboxylic acids is 2. The molecule has 0 spiro atoms. The number of hydrazine groups is 1. The summed E-state index contributed by atoms with van der Waals surface area (Å²) in [5, 5.41) is 1.16. The third-order valence-electron chi connectivity index (χ3n) is 4.59. The van der Waals surface area contributed by atoms with Gasteiger partial charge >= 0.3 is 6.18 Å². The maximum absolute atomic E-state index is 12.7. The number of alkyl halides is 3. The minimum atomic E-state index is -4.33. The standard InChI is InChI=1S/C16H18F3N3O4S/c1-9(2)22-15(24)12-4-3-10(7-13(12)27(22,25)26)14(23)20-21-6-5-11(8-21)16(17,18)19/h3-4,7,9,11H,5-6,8H2,1-2H3,(H,20,23). The summed E-state index contributed by atoms with van der Waals surface area (Å²) in [6, 6.07) is 3.02. The van der Waals surface area contributed by atoms with Crippen molar-refractivity contribution in [3.8, 4) is 0 Å². The second-order valence-electron chi connectivity index (χ2n) is 6.82. The predicted molar refractivity (Wildman–Crippen MR) is 88.1 cm³/mol. The molecule has 27 heavy (non-hydrogen) atoms. The molecule has 2 aliphatic rings. The van der Waals surface area contributed by atoms with Crippen LogP contribution in [0.1, 0.15) is 41.0 Å². The number of rotatable bonds is 3. The first-order valence-corrected chi connectivity index (χ1v) is 9.72. The SMILES string of the molecule is CC(C)N1C(=O)c2ccc(C(=O)NN3CCC(C(F)(F)F)C3)cc2S1(=O)=O. The van der Waals surface area contributed by atoms with Gasteiger partial charge in [0.05, 0.1) is 11.5 Å². The van der Waals surface area contributed by atoms with Crippen LogP contribution in [0.2, 0.25) is 0 Å². The van der Waals surface area contributed by atoms with E-state index in [1.54, 1.807) is 13.8 Å². The van der Waals surface area contributed by atoms with E-state index >= 15 is 0 Å². The van der Waals surface area contributed by atoms with Crippen molar-refractivity contribution in [2.75, 3.05) is 13.1 Å². The normalized spacial score (nSPS) is 22.4. The number of hydrogen-bond acceptors (Lipinski definition) is 5. The van der Waals surface area contributed by atoms with Crippen molar-refractivity contribution < 1.29 is 31.2 Å². The van der Waals surface area contributed by atoms with Crippen molar-refractivity contribution in [1.29, 1.82) is 0 Å². The maximum Gasteiger partial charge on any atom is 0.393 e. The molecule has 0 saturated carbocycles. The van der Waals surface area contributed by atoms with Crippen molar-refractivity contribution in [1.82, 2.24) is 14.7 Å². The summed E-state index contributed by atoms with van der Waals surface area (Å²) < 4.78 is 64.0. The summed E-state index contributed by atoms with van der Waals surface area (Å²) in [5.41, 5.74) is 2.28. The fourth-order valence-electron chi connectivity index (χ4n) is 3.24. The number of hydrogen-bond donors (Lipinski definition) is 1. The van der Waals surface area contributed by atoms with E-state index in [1.165, 1.54) is 12.1 Å². The zero-order valence-electron chi connectivity index (χ0n) is 14.6. The molecular weight excluding hydrogens is 387 g/mol. The number of carbonyl (C=O) groups is 2. The van der Waals surface area contributed by atoms with Gasteiger partial charge in [-0.1, -0.05) is 0 Å². The molecule has 0 radical (unpaired) electrons. The fourth-order valence-corrected chi connectivity index (χ4v) is 5.03. The van der Waals surface area contributed by atoms with Gasteiger partial charge in [0.2, 0.25) is 0 Å². The van der Waals surface area contributed by atoms with Gasteiger partial charge in [0, 0.05) is 24.7 Å². The Morgan fingerprint density at radius 2 is 1.96 bits per heavy atom. The first-order valence-electron chi connectivity index (χ1n) is 8.28. The number of sulfonamides is 1. The fraction of sp³-hybridized carbons (Fsp3) is 0.500. The van der Waals surface area contributed by atoms with Crippen LogP contribution >= 0.6 is 0 Å². The molecule has 1 atom stereocenters. The summed E-state index contributed by atoms with van der Waals surface area (Å²) in [5.74, 6) is -2.92. The monoisotopic (exact) mass is 405 g/mol. The number of nitrogens with one attached hydrogen (secondary N) is 1. The second-order valence-corrected chi connectivity index (χ2v) is 8.61. The molecule has 0 aliphatic carbocycles. The van der Waals surface area contributed by atoms with E-state index < -0.39 is 40.0 Å². The molecule has 2 amide bonds. The van der Waals surface area contributed by atoms with Gasteiger partial charge in [-0.05, 0) is 38.5 Å². The molecule has 1 unspecified atom stereocenters. The Kier molecular flexibility index (Phi) is 4.71. The maximum atomic E-state index is 12.7. The van der Waals surface area contributed by atoms with Crippen LogP contribution < -0.4 is 5.43 Å². The lowest BCUT2D eigenvalue weighted by molar-refractivity contribution is -0.171. The van der Waals surface area contributed by atoms with Crippen molar-refractivity contribution in [3.05, 3.63) is 29.3 Å². The van der Waals surface area contributed by atoms with E-state index in [4.69, 9.17) is 0 Å². The van der Waals surface area contributed by atoms with E-state index in [9.17, 15) is 31.2 Å². The van der Waals surface area contributed by atoms with Crippen LogP contribution in [0.5, 0.6) is 0 Å². The molecule has 11 heteroatoms. The van der Waals surface area contributed by atoms with Crippen molar-refractivity contribution in [2.24, 2.45) is 5.92 Å². The Morgan fingerprint density at radius 1 is 1.30 bits per heavy atom. The second kappa shape index (κ2) is 6.48. The third-order valence-corrected chi connectivity index (χ3v) is 6.59. The van der Waals surface area contributed by atoms with Gasteiger partial charge in [0.25, 0.3) is 21.8 Å². The lowest BCUT2D eigenvalue weighted by Gasteiger charge is -2.19. The molecule has 148 valence electrons. The molecule has 1 fully saturated rings. The average molecular weight is 405 g/mol. The summed E-state index contributed by atoms with van der Waals surface area (Å²) >= 11 is 0. The van der Waals surface area contributed by atoms with E-state index in [2.05, 4.69) is 5.43 Å². The minimum absolute atomic E-state index is 0.0291. The van der Waals surface area contributed by atoms with E-state index in [0.717, 1.165) is 15.4 Å². The largest absolute Gasteiger partial charge is 0.393 e. The molecule has 1 N–H and O–H groups in total. The van der Waals surface area contributed by atoms with Gasteiger partial charge in [0.15, 0.2) is 0 Å². The van der Waals surface area contributed by atoms with E-state index in [-0.39, 0.29) is 35.5 Å². The molecule has 3 rings (SSSR count). The van der Waals surface area contributed by atoms with Gasteiger partial charge in [0.1, 0.15) is 4.90 Å². The molecular formula is C16H18F3N3O4S. The Hall–Kier alpha value is -2.14. The summed E-state index contributed by atoms with van der Waals surface area (Å²) in [4.78, 5) is 24.3. The number of amides is 2. The molecule has 0 bridgehead atoms. The highest BCUT2D eigenvalue weighted by Gasteiger charge is 2.45. The molecule has 7 nitrogen and oxygen atoms in total. The molecule has 2 heterocycles. The van der Waals surface area contributed by atoms with Crippen molar-refractivity contribution >= 4 is 21.8 Å². The van der Waals surface area contributed by atoms with Crippen LogP contribution in [0.25, 0.3) is 0 Å². The van der Waals surface area contributed by atoms with Crippen LogP contribution in [0.3, 0.4) is 0 Å². The molecule has 1 saturated heterocycles. The third kappa shape index (κ3) is 3.41. The highest BCUT2D eigenvalue weighted by Crippen LogP contribution is 2.34. The van der Waals surface area contributed by atoms with Crippen LogP contribution in [0.15, 0.2) is 23.1 Å². The van der Waals surface area contributed by atoms with Crippen molar-refractivity contribution in [2.45, 2.75) is 37.4 Å². The first kappa shape index (κ1) is 19.6. The van der Waals surface area contributed by atoms with Crippen LogP contribution in [0, 0.1) is 5.92 Å². The topological polar surface area (TPSA) is 86.8 Å². The zero-order chi connectivity index (χ0) is 20.1. The van der Waals surface area contributed by atoms with Gasteiger partial charge < -0.3 is 0 Å². The van der Waals surface area contributed by atoms with Crippen LogP contribution in [0.4, 0.5) is 13.2 Å². The zero-order valence-corrected chi connectivity index (χ0v) is 15.4.